The van der Waals surface area contributed by atoms with Crippen LogP contribution in [0.25, 0.3) is 10.1 Å². The number of nitrogens with two attached hydrogens (primary N) is 1. The first kappa shape index (κ1) is 13.8. The summed E-state index contributed by atoms with van der Waals surface area (Å²) in [7, 11) is 0. The molecule has 2 aromatic rings. The third kappa shape index (κ3) is 3.04. The van der Waals surface area contributed by atoms with E-state index in [-0.39, 0.29) is 19.3 Å². The first-order valence-electron chi connectivity index (χ1n) is 5.94. The summed E-state index contributed by atoms with van der Waals surface area (Å²) in [4.78, 5) is 17.5. The molecule has 0 spiro atoms. The smallest absolute Gasteiger partial charge is 0.339 e. The fourth-order valence-electron chi connectivity index (χ4n) is 1.83. The lowest BCUT2D eigenvalue weighted by Crippen LogP contribution is -2.38. The van der Waals surface area contributed by atoms with Crippen molar-refractivity contribution < 1.29 is 14.7 Å². The molecule has 19 heavy (non-hydrogen) atoms. The Morgan fingerprint density at radius 2 is 2.26 bits per heavy atom. The summed E-state index contributed by atoms with van der Waals surface area (Å²) in [6.07, 6.45) is 0. The van der Waals surface area contributed by atoms with Crippen molar-refractivity contribution in [3.05, 3.63) is 35.2 Å². The topological polar surface area (TPSA) is 75.8 Å². The zero-order valence-electron chi connectivity index (χ0n) is 10.6. The molecular formula is C13H16N2O3S. The van der Waals surface area contributed by atoms with Crippen molar-refractivity contribution in [3.8, 4) is 0 Å². The monoisotopic (exact) mass is 280 g/mol. The lowest BCUT2D eigenvalue weighted by molar-refractivity contribution is -0.146. The highest BCUT2D eigenvalue weighted by atomic mass is 32.1. The number of nitrogens with zero attached hydrogens (tertiary/aromatic N) is 1. The Kier molecular flexibility index (Phi) is 4.36. The lowest BCUT2D eigenvalue weighted by Gasteiger charge is -2.25. The maximum absolute atomic E-state index is 11.4. The van der Waals surface area contributed by atoms with E-state index < -0.39 is 6.03 Å². The standard InChI is InChI=1S/C13H16N2O3S/c1-9(15(13(14)17)18-7-6-16)12-8-10-4-2-3-5-11(10)19-12/h2-5,8-9,16H,6-7H2,1H3,(H2,14,17). The Morgan fingerprint density at radius 3 is 2.89 bits per heavy atom. The second-order valence-electron chi connectivity index (χ2n) is 4.08. The van der Waals surface area contributed by atoms with Gasteiger partial charge in [-0.1, -0.05) is 18.2 Å². The van der Waals surface area contributed by atoms with Crippen LogP contribution >= 0.6 is 11.3 Å². The van der Waals surface area contributed by atoms with Crippen LogP contribution in [0.4, 0.5) is 4.79 Å². The van der Waals surface area contributed by atoms with Crippen molar-refractivity contribution in [2.45, 2.75) is 13.0 Å². The number of rotatable bonds is 5. The Balaban J connectivity index is 2.24. The Hall–Kier alpha value is -1.63. The molecule has 0 aliphatic rings. The lowest BCUT2D eigenvalue weighted by atomic mass is 10.2. The number of carbonyl (C=O) groups is 1. The zero-order chi connectivity index (χ0) is 13.8. The number of benzene rings is 1. The fraction of sp³-hybridized carbons (Fsp3) is 0.308. The van der Waals surface area contributed by atoms with Gasteiger partial charge in [-0.3, -0.25) is 4.84 Å². The molecule has 6 heteroatoms. The summed E-state index contributed by atoms with van der Waals surface area (Å²) in [6, 6.07) is 9.05. The molecule has 1 aromatic carbocycles. The molecule has 0 fully saturated rings. The summed E-state index contributed by atoms with van der Waals surface area (Å²) in [5.74, 6) is 0. The van der Waals surface area contributed by atoms with Crippen molar-refractivity contribution in [2.24, 2.45) is 5.73 Å². The minimum atomic E-state index is -0.668. The third-order valence-corrected chi connectivity index (χ3v) is 4.03. The molecule has 0 saturated heterocycles. The van der Waals surface area contributed by atoms with E-state index in [1.54, 1.807) is 11.3 Å². The molecule has 102 valence electrons. The van der Waals surface area contributed by atoms with E-state index >= 15 is 0 Å². The van der Waals surface area contributed by atoms with Gasteiger partial charge in [0, 0.05) is 9.58 Å². The quantitative estimate of drug-likeness (QED) is 0.825. The summed E-state index contributed by atoms with van der Waals surface area (Å²) in [5.41, 5.74) is 5.29. The molecule has 2 rings (SSSR count). The Bertz CT molecular complexity index is 537. The molecular weight excluding hydrogens is 264 g/mol. The maximum Gasteiger partial charge on any atom is 0.339 e. The summed E-state index contributed by atoms with van der Waals surface area (Å²) in [6.45, 7) is 1.72. The van der Waals surface area contributed by atoms with E-state index in [0.29, 0.717) is 0 Å². The normalized spacial score (nSPS) is 12.5. The average Bonchev–Trinajstić information content (AvgIpc) is 2.82. The van der Waals surface area contributed by atoms with Crippen LogP contribution < -0.4 is 5.73 Å². The largest absolute Gasteiger partial charge is 0.394 e. The van der Waals surface area contributed by atoms with Gasteiger partial charge in [-0.05, 0) is 24.4 Å². The van der Waals surface area contributed by atoms with Crippen molar-refractivity contribution in [2.75, 3.05) is 13.2 Å². The summed E-state index contributed by atoms with van der Waals surface area (Å²) in [5, 5.41) is 11.0. The molecule has 0 aliphatic heterocycles. The van der Waals surface area contributed by atoms with Gasteiger partial charge in [-0.2, -0.15) is 5.06 Å². The number of aliphatic hydroxyl groups is 1. The first-order valence-corrected chi connectivity index (χ1v) is 6.76. The predicted octanol–water partition coefficient (Wildman–Crippen LogP) is 2.27. The highest BCUT2D eigenvalue weighted by molar-refractivity contribution is 7.19. The van der Waals surface area contributed by atoms with Crippen molar-refractivity contribution >= 4 is 27.5 Å². The highest BCUT2D eigenvalue weighted by Gasteiger charge is 2.22. The van der Waals surface area contributed by atoms with Crippen LogP contribution in [0, 0.1) is 0 Å². The van der Waals surface area contributed by atoms with Crippen molar-refractivity contribution in [1.82, 2.24) is 5.06 Å². The van der Waals surface area contributed by atoms with Crippen molar-refractivity contribution in [1.29, 1.82) is 0 Å². The molecule has 0 aliphatic carbocycles. The fourth-order valence-corrected chi connectivity index (χ4v) is 2.93. The van der Waals surface area contributed by atoms with Gasteiger partial charge in [0.25, 0.3) is 0 Å². The second-order valence-corrected chi connectivity index (χ2v) is 5.20. The third-order valence-electron chi connectivity index (χ3n) is 2.75. The predicted molar refractivity (Wildman–Crippen MR) is 74.7 cm³/mol. The number of primary amides is 1. The van der Waals surface area contributed by atoms with Crippen LogP contribution in [0.1, 0.15) is 17.8 Å². The Labute approximate surface area is 115 Å². The molecule has 5 nitrogen and oxygen atoms in total. The maximum atomic E-state index is 11.4. The van der Waals surface area contributed by atoms with Gasteiger partial charge in [-0.25, -0.2) is 4.79 Å². The number of hydrogen-bond donors (Lipinski definition) is 2. The van der Waals surface area contributed by atoms with Gasteiger partial charge in [0.2, 0.25) is 0 Å². The number of amides is 2. The average molecular weight is 280 g/mol. The highest BCUT2D eigenvalue weighted by Crippen LogP contribution is 2.32. The SMILES string of the molecule is CC(c1cc2ccccc2s1)N(OCCO)C(N)=O. The molecule has 3 N–H and O–H groups in total. The number of hydrogen-bond acceptors (Lipinski definition) is 4. The summed E-state index contributed by atoms with van der Waals surface area (Å²) < 4.78 is 1.15. The first-order chi connectivity index (χ1) is 9.13. The van der Waals surface area contributed by atoms with Crippen LogP contribution in [0.2, 0.25) is 0 Å². The molecule has 2 amide bonds. The van der Waals surface area contributed by atoms with E-state index in [0.717, 1.165) is 20.0 Å². The zero-order valence-corrected chi connectivity index (χ0v) is 11.4. The number of urea groups is 1. The minimum Gasteiger partial charge on any atom is -0.394 e. The summed E-state index contributed by atoms with van der Waals surface area (Å²) >= 11 is 1.59. The van der Waals surface area contributed by atoms with E-state index in [9.17, 15) is 4.79 Å². The molecule has 1 atom stereocenters. The number of aliphatic hydroxyl groups excluding tert-OH is 1. The van der Waals surface area contributed by atoms with Gasteiger partial charge >= 0.3 is 6.03 Å². The van der Waals surface area contributed by atoms with Gasteiger partial charge in [0.1, 0.15) is 0 Å². The molecule has 0 saturated carbocycles. The van der Waals surface area contributed by atoms with E-state index in [1.165, 1.54) is 0 Å². The molecule has 0 radical (unpaired) electrons. The number of hydroxylamine groups is 2. The molecule has 1 heterocycles. The number of thiophene rings is 1. The van der Waals surface area contributed by atoms with E-state index in [2.05, 4.69) is 0 Å². The van der Waals surface area contributed by atoms with Crippen molar-refractivity contribution in [3.63, 3.8) is 0 Å². The number of fused-ring (bicyclic) bond motifs is 1. The van der Waals surface area contributed by atoms with E-state index in [4.69, 9.17) is 15.7 Å². The van der Waals surface area contributed by atoms with Crippen LogP contribution in [-0.2, 0) is 4.84 Å². The van der Waals surface area contributed by atoms with Gasteiger partial charge in [0.15, 0.2) is 0 Å². The van der Waals surface area contributed by atoms with Crippen LogP contribution in [0.15, 0.2) is 30.3 Å². The Morgan fingerprint density at radius 1 is 1.53 bits per heavy atom. The molecule has 1 unspecified atom stereocenters. The van der Waals surface area contributed by atoms with Gasteiger partial charge in [0.05, 0.1) is 19.3 Å². The van der Waals surface area contributed by atoms with Crippen LogP contribution in [0.3, 0.4) is 0 Å². The second kappa shape index (κ2) is 6.01. The molecule has 1 aromatic heterocycles. The minimum absolute atomic E-state index is 0.0399. The number of carbonyl (C=O) groups excluding carboxylic acids is 1. The van der Waals surface area contributed by atoms with Crippen LogP contribution in [0.5, 0.6) is 0 Å². The van der Waals surface area contributed by atoms with Gasteiger partial charge in [-0.15, -0.1) is 11.3 Å². The van der Waals surface area contributed by atoms with Gasteiger partial charge < -0.3 is 10.8 Å². The molecule has 0 bridgehead atoms. The van der Waals surface area contributed by atoms with Crippen LogP contribution in [-0.4, -0.2) is 29.4 Å². The van der Waals surface area contributed by atoms with E-state index in [1.807, 2.05) is 37.3 Å².